The number of benzene rings is 2. The molecule has 7 heteroatoms. The maximum Gasteiger partial charge on any atom is 0.261 e. The molecule has 1 heterocycles. The molecule has 28 heavy (non-hydrogen) atoms. The van der Waals surface area contributed by atoms with Crippen LogP contribution in [0.25, 0.3) is 0 Å². The van der Waals surface area contributed by atoms with Crippen molar-refractivity contribution in [1.82, 2.24) is 0 Å². The number of carbonyl (C=O) groups excluding carboxylic acids is 1. The highest BCUT2D eigenvalue weighted by atomic mass is 32.2. The molecule has 1 fully saturated rings. The normalized spacial score (nSPS) is 16.4. The van der Waals surface area contributed by atoms with E-state index in [1.54, 1.807) is 24.3 Å². The van der Waals surface area contributed by atoms with Crippen LogP contribution in [0, 0.1) is 5.92 Å². The van der Waals surface area contributed by atoms with Crippen LogP contribution in [0.4, 0.5) is 11.4 Å². The van der Waals surface area contributed by atoms with Gasteiger partial charge in [0.2, 0.25) is 5.91 Å². The summed E-state index contributed by atoms with van der Waals surface area (Å²) in [5.74, 6) is 0.923. The van der Waals surface area contributed by atoms with Gasteiger partial charge in [-0.3, -0.25) is 9.52 Å². The molecule has 1 saturated carbocycles. The molecule has 1 aliphatic heterocycles. The van der Waals surface area contributed by atoms with Gasteiger partial charge in [-0.15, -0.1) is 0 Å². The summed E-state index contributed by atoms with van der Waals surface area (Å²) >= 11 is 0. The maximum absolute atomic E-state index is 12.7. The van der Waals surface area contributed by atoms with E-state index in [4.69, 9.17) is 4.74 Å². The lowest BCUT2D eigenvalue weighted by Crippen LogP contribution is -2.36. The lowest BCUT2D eigenvalue weighted by Gasteiger charge is -2.30. The van der Waals surface area contributed by atoms with Crippen molar-refractivity contribution in [2.24, 2.45) is 5.92 Å². The van der Waals surface area contributed by atoms with E-state index >= 15 is 0 Å². The summed E-state index contributed by atoms with van der Waals surface area (Å²) in [6, 6.07) is 11.8. The Morgan fingerprint density at radius 3 is 2.61 bits per heavy atom. The van der Waals surface area contributed by atoms with Crippen molar-refractivity contribution in [1.29, 1.82) is 0 Å². The van der Waals surface area contributed by atoms with Crippen molar-refractivity contribution in [3.63, 3.8) is 0 Å². The van der Waals surface area contributed by atoms with Crippen molar-refractivity contribution < 1.29 is 17.9 Å². The first-order valence-electron chi connectivity index (χ1n) is 9.68. The molecular weight excluding hydrogens is 376 g/mol. The van der Waals surface area contributed by atoms with Gasteiger partial charge in [-0.2, -0.15) is 0 Å². The summed E-state index contributed by atoms with van der Waals surface area (Å²) in [7, 11) is -3.72. The van der Waals surface area contributed by atoms with Gasteiger partial charge in [-0.05, 0) is 74.6 Å². The van der Waals surface area contributed by atoms with Crippen LogP contribution in [0.2, 0.25) is 0 Å². The quantitative estimate of drug-likeness (QED) is 0.804. The summed E-state index contributed by atoms with van der Waals surface area (Å²) < 4.78 is 33.5. The third-order valence-corrected chi connectivity index (χ3v) is 6.49. The lowest BCUT2D eigenvalue weighted by atomic mass is 10.0. The number of amides is 1. The van der Waals surface area contributed by atoms with Crippen LogP contribution in [-0.2, 0) is 21.2 Å². The van der Waals surface area contributed by atoms with Crippen molar-refractivity contribution >= 4 is 27.3 Å². The van der Waals surface area contributed by atoms with Crippen LogP contribution in [-0.4, -0.2) is 27.5 Å². The molecule has 0 radical (unpaired) electrons. The number of hydrogen-bond donors (Lipinski definition) is 1. The van der Waals surface area contributed by atoms with Gasteiger partial charge >= 0.3 is 0 Å². The second-order valence-electron chi connectivity index (χ2n) is 7.22. The molecule has 1 N–H and O–H groups in total. The average molecular weight is 401 g/mol. The Kier molecular flexibility index (Phi) is 5.02. The predicted octanol–water partition coefficient (Wildman–Crippen LogP) is 3.58. The molecule has 6 nitrogen and oxygen atoms in total. The van der Waals surface area contributed by atoms with Crippen LogP contribution in [0.15, 0.2) is 47.4 Å². The van der Waals surface area contributed by atoms with E-state index in [0.29, 0.717) is 24.6 Å². The molecule has 148 valence electrons. The number of ether oxygens (including phenoxy) is 1. The number of anilines is 2. The molecule has 2 aliphatic rings. The fraction of sp³-hybridized carbons (Fsp3) is 0.381. The highest BCUT2D eigenvalue weighted by Crippen LogP contribution is 2.37. The van der Waals surface area contributed by atoms with E-state index in [0.717, 1.165) is 36.9 Å². The number of sulfonamides is 1. The number of rotatable bonds is 6. The van der Waals surface area contributed by atoms with Crippen molar-refractivity contribution in [3.05, 3.63) is 48.0 Å². The Labute approximate surface area is 165 Å². The van der Waals surface area contributed by atoms with E-state index in [-0.39, 0.29) is 16.7 Å². The van der Waals surface area contributed by atoms with Crippen LogP contribution < -0.4 is 14.4 Å². The zero-order valence-corrected chi connectivity index (χ0v) is 16.7. The summed E-state index contributed by atoms with van der Waals surface area (Å²) in [6.45, 7) is 3.09. The zero-order chi connectivity index (χ0) is 19.7. The number of carbonyl (C=O) groups is 1. The Morgan fingerprint density at radius 1 is 1.18 bits per heavy atom. The van der Waals surface area contributed by atoms with Crippen molar-refractivity contribution in [3.8, 4) is 5.75 Å². The fourth-order valence-corrected chi connectivity index (χ4v) is 4.56. The lowest BCUT2D eigenvalue weighted by molar-refractivity contribution is -0.119. The summed E-state index contributed by atoms with van der Waals surface area (Å²) in [6.07, 6.45) is 3.74. The van der Waals surface area contributed by atoms with E-state index < -0.39 is 10.0 Å². The van der Waals surface area contributed by atoms with Crippen molar-refractivity contribution in [2.45, 2.75) is 37.5 Å². The van der Waals surface area contributed by atoms with E-state index in [1.165, 1.54) is 12.1 Å². The first-order chi connectivity index (χ1) is 13.5. The fourth-order valence-electron chi connectivity index (χ4n) is 3.51. The monoisotopic (exact) mass is 400 g/mol. The minimum absolute atomic E-state index is 0.134. The minimum atomic E-state index is -3.72. The minimum Gasteiger partial charge on any atom is -0.494 e. The van der Waals surface area contributed by atoms with Gasteiger partial charge in [0.25, 0.3) is 10.0 Å². The standard InChI is InChI=1S/C21H24N2O4S/c1-2-27-18-9-11-19(12-10-18)28(25,26)22-17-8-7-15-4-3-13-23(20(15)14-17)21(24)16-5-6-16/h7-12,14,16,22H,2-6,13H2,1H3. The SMILES string of the molecule is CCOc1ccc(S(=O)(=O)Nc2ccc3c(c2)N(C(=O)C2CC2)CCC3)cc1. The smallest absolute Gasteiger partial charge is 0.261 e. The van der Waals surface area contributed by atoms with Gasteiger partial charge in [0, 0.05) is 18.2 Å². The Morgan fingerprint density at radius 2 is 1.93 bits per heavy atom. The van der Waals surface area contributed by atoms with Crippen LogP contribution in [0.1, 0.15) is 31.7 Å². The topological polar surface area (TPSA) is 75.7 Å². The third-order valence-electron chi connectivity index (χ3n) is 5.09. The molecule has 0 bridgehead atoms. The van der Waals surface area contributed by atoms with Crippen LogP contribution in [0.3, 0.4) is 0 Å². The van der Waals surface area contributed by atoms with E-state index in [1.807, 2.05) is 17.9 Å². The van der Waals surface area contributed by atoms with Crippen molar-refractivity contribution in [2.75, 3.05) is 22.8 Å². The van der Waals surface area contributed by atoms with Gasteiger partial charge in [-0.25, -0.2) is 8.42 Å². The average Bonchev–Trinajstić information content (AvgIpc) is 3.53. The predicted molar refractivity (Wildman–Crippen MR) is 108 cm³/mol. The highest BCUT2D eigenvalue weighted by molar-refractivity contribution is 7.92. The summed E-state index contributed by atoms with van der Waals surface area (Å²) in [5.41, 5.74) is 2.38. The number of nitrogens with one attached hydrogen (secondary N) is 1. The number of nitrogens with zero attached hydrogens (tertiary/aromatic N) is 1. The van der Waals surface area contributed by atoms with E-state index in [9.17, 15) is 13.2 Å². The Hall–Kier alpha value is -2.54. The molecule has 1 aliphatic carbocycles. The highest BCUT2D eigenvalue weighted by Gasteiger charge is 2.35. The van der Waals surface area contributed by atoms with Gasteiger partial charge in [0.05, 0.1) is 17.2 Å². The maximum atomic E-state index is 12.7. The van der Waals surface area contributed by atoms with Crippen LogP contribution in [0.5, 0.6) is 5.75 Å². The molecule has 4 rings (SSSR count). The molecule has 2 aromatic rings. The third kappa shape index (κ3) is 3.85. The number of aryl methyl sites for hydroxylation is 1. The van der Waals surface area contributed by atoms with Gasteiger partial charge in [0.15, 0.2) is 0 Å². The summed E-state index contributed by atoms with van der Waals surface area (Å²) in [4.78, 5) is 14.6. The molecule has 0 unspecified atom stereocenters. The first-order valence-corrected chi connectivity index (χ1v) is 11.2. The molecule has 0 spiro atoms. The van der Waals surface area contributed by atoms with E-state index in [2.05, 4.69) is 4.72 Å². The second kappa shape index (κ2) is 7.47. The zero-order valence-electron chi connectivity index (χ0n) is 15.8. The molecule has 0 aromatic heterocycles. The molecule has 2 aromatic carbocycles. The van der Waals surface area contributed by atoms with Gasteiger partial charge < -0.3 is 9.64 Å². The Balaban J connectivity index is 1.57. The van der Waals surface area contributed by atoms with Gasteiger partial charge in [0.1, 0.15) is 5.75 Å². The number of fused-ring (bicyclic) bond motifs is 1. The summed E-state index contributed by atoms with van der Waals surface area (Å²) in [5, 5.41) is 0. The first kappa shape index (κ1) is 18.8. The second-order valence-corrected chi connectivity index (χ2v) is 8.90. The Bertz CT molecular complexity index is 982. The largest absolute Gasteiger partial charge is 0.494 e. The molecule has 1 amide bonds. The molecule has 0 saturated heterocycles. The van der Waals surface area contributed by atoms with Crippen LogP contribution >= 0.6 is 0 Å². The number of hydrogen-bond acceptors (Lipinski definition) is 4. The molecular formula is C21H24N2O4S. The van der Waals surface area contributed by atoms with Gasteiger partial charge in [-0.1, -0.05) is 6.07 Å². The molecule has 0 atom stereocenters.